The van der Waals surface area contributed by atoms with E-state index in [1.54, 1.807) is 0 Å². The number of piperazine rings is 1. The van der Waals surface area contributed by atoms with Crippen molar-refractivity contribution in [1.82, 2.24) is 9.62 Å². The summed E-state index contributed by atoms with van der Waals surface area (Å²) in [6, 6.07) is 10.0. The number of hydrogen-bond acceptors (Lipinski definition) is 3. The molecule has 2 rings (SSSR count). The maximum Gasteiger partial charge on any atom is 0.0459 e. The van der Waals surface area contributed by atoms with Gasteiger partial charge in [0.15, 0.2) is 0 Å². The smallest absolute Gasteiger partial charge is 0.0459 e. The van der Waals surface area contributed by atoms with Crippen molar-refractivity contribution >= 4 is 11.3 Å². The highest BCUT2D eigenvalue weighted by atomic mass is 32.2. The van der Waals surface area contributed by atoms with Gasteiger partial charge in [-0.2, -0.15) is 0 Å². The topological polar surface area (TPSA) is 55.4 Å². The summed E-state index contributed by atoms with van der Waals surface area (Å²) in [7, 11) is 0. The third kappa shape index (κ3) is 2.63. The quantitative estimate of drug-likeness (QED) is 0.742. The van der Waals surface area contributed by atoms with Crippen LogP contribution in [0.1, 0.15) is 11.6 Å². The minimum atomic E-state index is -2.10. The van der Waals surface area contributed by atoms with Crippen molar-refractivity contribution < 1.29 is 8.76 Å². The Morgan fingerprint density at radius 3 is 2.80 bits per heavy atom. The first-order valence-corrected chi connectivity index (χ1v) is 5.93. The summed E-state index contributed by atoms with van der Waals surface area (Å²) in [5.74, 6) is 0. The molecule has 0 spiro atoms. The molecule has 0 bridgehead atoms. The first-order chi connectivity index (χ1) is 7.27. The van der Waals surface area contributed by atoms with E-state index < -0.39 is 11.3 Å². The first kappa shape index (κ1) is 10.8. The molecule has 1 aromatic carbocycles. The second-order valence-corrected chi connectivity index (χ2v) is 4.47. The predicted molar refractivity (Wildman–Crippen MR) is 57.7 cm³/mol. The Kier molecular flexibility index (Phi) is 3.48. The Labute approximate surface area is 91.7 Å². The lowest BCUT2D eigenvalue weighted by Gasteiger charge is -2.34. The minimum absolute atomic E-state index is 0.109. The zero-order valence-corrected chi connectivity index (χ0v) is 9.07. The number of nitrogens with zero attached hydrogens (tertiary/aromatic N) is 1. The number of hydrogen-bond donors (Lipinski definition) is 1. The standard InChI is InChI=1S/C10H14N2O2S/c13-15(14)12-7-6-11-10(8-12)9-4-2-1-3-5-9/h1-5,10-11H,6-8H2,(H,13,14)/p-1. The van der Waals surface area contributed by atoms with Crippen LogP contribution in [0.5, 0.6) is 0 Å². The van der Waals surface area contributed by atoms with Gasteiger partial charge in [-0.15, -0.1) is 0 Å². The fourth-order valence-electron chi connectivity index (χ4n) is 1.77. The van der Waals surface area contributed by atoms with Gasteiger partial charge in [-0.05, 0) is 5.56 Å². The zero-order chi connectivity index (χ0) is 10.7. The lowest BCUT2D eigenvalue weighted by molar-refractivity contribution is 0.293. The van der Waals surface area contributed by atoms with E-state index in [0.717, 1.165) is 5.56 Å². The molecule has 4 nitrogen and oxygen atoms in total. The van der Waals surface area contributed by atoms with E-state index in [1.165, 1.54) is 4.31 Å². The van der Waals surface area contributed by atoms with E-state index >= 15 is 0 Å². The Morgan fingerprint density at radius 2 is 2.13 bits per heavy atom. The molecule has 0 amide bonds. The molecule has 5 heteroatoms. The summed E-state index contributed by atoms with van der Waals surface area (Å²) in [5, 5.41) is 3.31. The molecule has 1 fully saturated rings. The zero-order valence-electron chi connectivity index (χ0n) is 8.26. The highest BCUT2D eigenvalue weighted by molar-refractivity contribution is 7.76. The van der Waals surface area contributed by atoms with Crippen molar-refractivity contribution in [3.63, 3.8) is 0 Å². The molecule has 82 valence electrons. The molecule has 0 aliphatic carbocycles. The van der Waals surface area contributed by atoms with Crippen molar-refractivity contribution in [2.45, 2.75) is 6.04 Å². The predicted octanol–water partition coefficient (Wildman–Crippen LogP) is 0.427. The molecule has 1 aliphatic rings. The molecule has 1 saturated heterocycles. The molecule has 2 unspecified atom stereocenters. The highest BCUT2D eigenvalue weighted by Gasteiger charge is 2.20. The lowest BCUT2D eigenvalue weighted by atomic mass is 10.1. The summed E-state index contributed by atoms with van der Waals surface area (Å²) in [6.45, 7) is 1.77. The SMILES string of the molecule is O=S([O-])N1CCNC(c2ccccc2)C1. The third-order valence-corrected chi connectivity index (χ3v) is 3.30. The molecule has 1 heterocycles. The fraction of sp³-hybridized carbons (Fsp3) is 0.400. The van der Waals surface area contributed by atoms with Gasteiger partial charge in [0.1, 0.15) is 0 Å². The molecule has 2 atom stereocenters. The Bertz CT molecular complexity index is 345. The number of benzene rings is 1. The third-order valence-electron chi connectivity index (χ3n) is 2.55. The van der Waals surface area contributed by atoms with Crippen LogP contribution in [0.4, 0.5) is 0 Å². The molecule has 15 heavy (non-hydrogen) atoms. The van der Waals surface area contributed by atoms with Crippen LogP contribution < -0.4 is 5.32 Å². The van der Waals surface area contributed by atoms with E-state index in [-0.39, 0.29) is 6.04 Å². The Balaban J connectivity index is 2.08. The largest absolute Gasteiger partial charge is 0.760 e. The molecule has 1 aromatic rings. The van der Waals surface area contributed by atoms with Gasteiger partial charge >= 0.3 is 0 Å². The summed E-state index contributed by atoms with van der Waals surface area (Å²) in [6.07, 6.45) is 0. The molecular weight excluding hydrogens is 212 g/mol. The van der Waals surface area contributed by atoms with E-state index in [9.17, 15) is 8.76 Å². The minimum Gasteiger partial charge on any atom is -0.760 e. The monoisotopic (exact) mass is 225 g/mol. The summed E-state index contributed by atoms with van der Waals surface area (Å²) >= 11 is -2.10. The van der Waals surface area contributed by atoms with Crippen LogP contribution in [0.3, 0.4) is 0 Å². The molecule has 0 aromatic heterocycles. The van der Waals surface area contributed by atoms with E-state index in [4.69, 9.17) is 0 Å². The molecule has 0 radical (unpaired) electrons. The number of nitrogens with one attached hydrogen (secondary N) is 1. The first-order valence-electron chi connectivity index (χ1n) is 4.90. The normalized spacial score (nSPS) is 25.0. The van der Waals surface area contributed by atoms with Crippen molar-refractivity contribution in [3.8, 4) is 0 Å². The van der Waals surface area contributed by atoms with E-state index in [0.29, 0.717) is 19.6 Å². The Morgan fingerprint density at radius 1 is 1.40 bits per heavy atom. The van der Waals surface area contributed by atoms with Gasteiger partial charge in [0.25, 0.3) is 0 Å². The average Bonchev–Trinajstić information content (AvgIpc) is 2.30. The van der Waals surface area contributed by atoms with Crippen LogP contribution in [-0.4, -0.2) is 32.7 Å². The van der Waals surface area contributed by atoms with Crippen LogP contribution in [0.2, 0.25) is 0 Å². The van der Waals surface area contributed by atoms with Crippen LogP contribution in [0.15, 0.2) is 30.3 Å². The van der Waals surface area contributed by atoms with Crippen molar-refractivity contribution in [2.24, 2.45) is 0 Å². The lowest BCUT2D eigenvalue weighted by Crippen LogP contribution is -2.46. The van der Waals surface area contributed by atoms with Gasteiger partial charge in [-0.1, -0.05) is 30.3 Å². The molecule has 0 saturated carbocycles. The van der Waals surface area contributed by atoms with E-state index in [2.05, 4.69) is 5.32 Å². The average molecular weight is 225 g/mol. The second-order valence-electron chi connectivity index (χ2n) is 3.52. The van der Waals surface area contributed by atoms with Crippen LogP contribution in [-0.2, 0) is 11.3 Å². The van der Waals surface area contributed by atoms with Crippen LogP contribution in [0.25, 0.3) is 0 Å². The van der Waals surface area contributed by atoms with Crippen molar-refractivity contribution in [2.75, 3.05) is 19.6 Å². The fourth-order valence-corrected chi connectivity index (χ4v) is 2.28. The number of rotatable bonds is 2. The highest BCUT2D eigenvalue weighted by Crippen LogP contribution is 2.17. The van der Waals surface area contributed by atoms with Gasteiger partial charge in [0, 0.05) is 36.9 Å². The van der Waals surface area contributed by atoms with Gasteiger partial charge in [0.2, 0.25) is 0 Å². The van der Waals surface area contributed by atoms with Crippen LogP contribution >= 0.6 is 0 Å². The second kappa shape index (κ2) is 4.85. The summed E-state index contributed by atoms with van der Waals surface area (Å²) in [4.78, 5) is 0. The van der Waals surface area contributed by atoms with Crippen molar-refractivity contribution in [1.29, 1.82) is 0 Å². The van der Waals surface area contributed by atoms with E-state index in [1.807, 2.05) is 30.3 Å². The molecule has 1 N–H and O–H groups in total. The maximum absolute atomic E-state index is 10.8. The van der Waals surface area contributed by atoms with Crippen molar-refractivity contribution in [3.05, 3.63) is 35.9 Å². The van der Waals surface area contributed by atoms with Gasteiger partial charge in [-0.3, -0.25) is 4.21 Å². The molecular formula is C10H13N2O2S-. The van der Waals surface area contributed by atoms with Gasteiger partial charge < -0.3 is 9.87 Å². The summed E-state index contributed by atoms with van der Waals surface area (Å²) in [5.41, 5.74) is 1.13. The Hall–Kier alpha value is -0.750. The van der Waals surface area contributed by atoms with Gasteiger partial charge in [-0.25, -0.2) is 4.31 Å². The van der Waals surface area contributed by atoms with Gasteiger partial charge in [0.05, 0.1) is 0 Å². The maximum atomic E-state index is 10.8. The summed E-state index contributed by atoms with van der Waals surface area (Å²) < 4.78 is 23.1. The molecule has 1 aliphatic heterocycles. The van der Waals surface area contributed by atoms with Crippen LogP contribution in [0, 0.1) is 0 Å².